The summed E-state index contributed by atoms with van der Waals surface area (Å²) in [6.07, 6.45) is 0. The van der Waals surface area contributed by atoms with E-state index in [1.165, 1.54) is 11.3 Å². The van der Waals surface area contributed by atoms with E-state index in [1.54, 1.807) is 11.8 Å². The number of hydrogen-bond acceptors (Lipinski definition) is 5. The Balaban J connectivity index is 1.65. The van der Waals surface area contributed by atoms with Crippen LogP contribution in [0.25, 0.3) is 0 Å². The molecule has 1 fully saturated rings. The smallest absolute Gasteiger partial charge is 0.278 e. The van der Waals surface area contributed by atoms with Crippen LogP contribution < -0.4 is 4.90 Å². The van der Waals surface area contributed by atoms with Gasteiger partial charge in [0.05, 0.1) is 0 Å². The third-order valence-corrected chi connectivity index (χ3v) is 3.79. The Morgan fingerprint density at radius 1 is 1.14 bits per heavy atom. The molecule has 0 saturated carbocycles. The second-order valence-corrected chi connectivity index (χ2v) is 5.32. The average Bonchev–Trinajstić information content (AvgIpc) is 2.93. The predicted molar refractivity (Wildman–Crippen MR) is 78.3 cm³/mol. The van der Waals surface area contributed by atoms with Gasteiger partial charge in [-0.25, -0.2) is 4.63 Å². The Morgan fingerprint density at radius 2 is 1.90 bits per heavy atom. The average molecular weight is 286 g/mol. The lowest BCUT2D eigenvalue weighted by atomic mass is 10.2. The summed E-state index contributed by atoms with van der Waals surface area (Å²) in [7, 11) is 0. The van der Waals surface area contributed by atoms with Gasteiger partial charge < -0.3 is 9.80 Å². The normalized spacial score (nSPS) is 15.3. The van der Waals surface area contributed by atoms with Crippen LogP contribution in [0.15, 0.2) is 28.9 Å². The van der Waals surface area contributed by atoms with E-state index < -0.39 is 0 Å². The van der Waals surface area contributed by atoms with Crippen molar-refractivity contribution < 1.29 is 9.42 Å². The minimum absolute atomic E-state index is 0.0994. The van der Waals surface area contributed by atoms with Crippen molar-refractivity contribution in [2.45, 2.75) is 13.8 Å². The summed E-state index contributed by atoms with van der Waals surface area (Å²) in [5, 5.41) is 7.35. The number of hydrogen-bond donors (Lipinski definition) is 0. The number of amides is 1. The molecule has 0 atom stereocenters. The van der Waals surface area contributed by atoms with Gasteiger partial charge in [0, 0.05) is 31.9 Å². The van der Waals surface area contributed by atoms with Gasteiger partial charge >= 0.3 is 0 Å². The first kappa shape index (κ1) is 13.6. The van der Waals surface area contributed by atoms with Crippen molar-refractivity contribution in [3.8, 4) is 0 Å². The van der Waals surface area contributed by atoms with Crippen molar-refractivity contribution in [1.29, 1.82) is 0 Å². The van der Waals surface area contributed by atoms with E-state index >= 15 is 0 Å². The number of carbonyl (C=O) groups is 1. The molecule has 0 radical (unpaired) electrons. The first-order valence-electron chi connectivity index (χ1n) is 7.05. The van der Waals surface area contributed by atoms with E-state index in [0.29, 0.717) is 24.5 Å². The maximum Gasteiger partial charge on any atom is 0.278 e. The molecule has 0 N–H and O–H groups in total. The minimum atomic E-state index is -0.0994. The van der Waals surface area contributed by atoms with Gasteiger partial charge in [-0.15, -0.1) is 0 Å². The lowest BCUT2D eigenvalue weighted by Crippen LogP contribution is -2.49. The van der Waals surface area contributed by atoms with Crippen LogP contribution in [0.3, 0.4) is 0 Å². The molecule has 2 heterocycles. The quantitative estimate of drug-likeness (QED) is 0.840. The SMILES string of the molecule is Cc1cccc(N2CCN(C(=O)c3nonc3C)CC2)c1. The van der Waals surface area contributed by atoms with Crippen molar-refractivity contribution in [2.75, 3.05) is 31.1 Å². The molecule has 1 amide bonds. The standard InChI is InChI=1S/C15H18N4O2/c1-11-4-3-5-13(10-11)18-6-8-19(9-7-18)15(20)14-12(2)16-21-17-14/h3-5,10H,6-9H2,1-2H3. The van der Waals surface area contributed by atoms with E-state index in [0.717, 1.165) is 13.1 Å². The van der Waals surface area contributed by atoms with E-state index in [2.05, 4.69) is 51.0 Å². The zero-order valence-electron chi connectivity index (χ0n) is 12.2. The summed E-state index contributed by atoms with van der Waals surface area (Å²) in [6.45, 7) is 6.81. The second-order valence-electron chi connectivity index (χ2n) is 5.32. The summed E-state index contributed by atoms with van der Waals surface area (Å²) in [5.74, 6) is -0.0994. The van der Waals surface area contributed by atoms with Crippen LogP contribution in [-0.2, 0) is 0 Å². The molecule has 1 aliphatic heterocycles. The molecule has 0 spiro atoms. The minimum Gasteiger partial charge on any atom is -0.368 e. The Bertz CT molecular complexity index is 645. The van der Waals surface area contributed by atoms with Crippen LogP contribution in [0.1, 0.15) is 21.7 Å². The largest absolute Gasteiger partial charge is 0.368 e. The molecular weight excluding hydrogens is 268 g/mol. The van der Waals surface area contributed by atoms with Gasteiger partial charge in [-0.1, -0.05) is 17.3 Å². The van der Waals surface area contributed by atoms with Crippen LogP contribution in [0, 0.1) is 13.8 Å². The molecule has 1 aliphatic rings. The number of benzene rings is 1. The fraction of sp³-hybridized carbons (Fsp3) is 0.400. The fourth-order valence-corrected chi connectivity index (χ4v) is 2.57. The highest BCUT2D eigenvalue weighted by molar-refractivity contribution is 5.93. The highest BCUT2D eigenvalue weighted by Gasteiger charge is 2.26. The molecule has 1 aromatic heterocycles. The molecule has 0 aliphatic carbocycles. The molecule has 1 saturated heterocycles. The first-order chi connectivity index (χ1) is 10.1. The molecule has 1 aromatic carbocycles. The van der Waals surface area contributed by atoms with Gasteiger partial charge in [0.2, 0.25) is 0 Å². The van der Waals surface area contributed by atoms with E-state index in [-0.39, 0.29) is 5.91 Å². The van der Waals surface area contributed by atoms with E-state index in [9.17, 15) is 4.79 Å². The molecule has 0 unspecified atom stereocenters. The van der Waals surface area contributed by atoms with Crippen molar-refractivity contribution in [3.63, 3.8) is 0 Å². The van der Waals surface area contributed by atoms with Gasteiger partial charge in [-0.05, 0) is 36.7 Å². The summed E-state index contributed by atoms with van der Waals surface area (Å²) < 4.78 is 4.60. The number of carbonyl (C=O) groups excluding carboxylic acids is 1. The van der Waals surface area contributed by atoms with Crippen molar-refractivity contribution in [2.24, 2.45) is 0 Å². The lowest BCUT2D eigenvalue weighted by molar-refractivity contribution is 0.0735. The van der Waals surface area contributed by atoms with E-state index in [4.69, 9.17) is 0 Å². The summed E-state index contributed by atoms with van der Waals surface area (Å²) in [5.41, 5.74) is 3.32. The van der Waals surface area contributed by atoms with Crippen LogP contribution in [-0.4, -0.2) is 47.3 Å². The van der Waals surface area contributed by atoms with Gasteiger partial charge in [0.1, 0.15) is 5.69 Å². The molecule has 2 aromatic rings. The third kappa shape index (κ3) is 2.74. The van der Waals surface area contributed by atoms with Crippen LogP contribution in [0.4, 0.5) is 5.69 Å². The maximum absolute atomic E-state index is 12.3. The third-order valence-electron chi connectivity index (χ3n) is 3.79. The number of piperazine rings is 1. The molecule has 6 nitrogen and oxygen atoms in total. The maximum atomic E-state index is 12.3. The Hall–Kier alpha value is -2.37. The molecule has 0 bridgehead atoms. The topological polar surface area (TPSA) is 62.5 Å². The van der Waals surface area contributed by atoms with Gasteiger partial charge in [-0.2, -0.15) is 0 Å². The summed E-state index contributed by atoms with van der Waals surface area (Å²) >= 11 is 0. The first-order valence-corrected chi connectivity index (χ1v) is 7.05. The predicted octanol–water partition coefficient (Wildman–Crippen LogP) is 1.65. The molecule has 110 valence electrons. The van der Waals surface area contributed by atoms with Crippen molar-refractivity contribution >= 4 is 11.6 Å². The van der Waals surface area contributed by atoms with Gasteiger partial charge in [0.25, 0.3) is 5.91 Å². The Kier molecular flexibility index (Phi) is 3.60. The van der Waals surface area contributed by atoms with Crippen LogP contribution >= 0.6 is 0 Å². The van der Waals surface area contributed by atoms with E-state index in [1.807, 2.05) is 0 Å². The van der Waals surface area contributed by atoms with Crippen molar-refractivity contribution in [1.82, 2.24) is 15.2 Å². The summed E-state index contributed by atoms with van der Waals surface area (Å²) in [4.78, 5) is 16.4. The van der Waals surface area contributed by atoms with Gasteiger partial charge in [-0.3, -0.25) is 4.79 Å². The molecular formula is C15H18N4O2. The highest BCUT2D eigenvalue weighted by atomic mass is 16.6. The monoisotopic (exact) mass is 286 g/mol. The number of aryl methyl sites for hydroxylation is 2. The van der Waals surface area contributed by atoms with Gasteiger partial charge in [0.15, 0.2) is 5.69 Å². The van der Waals surface area contributed by atoms with Crippen molar-refractivity contribution in [3.05, 3.63) is 41.2 Å². The number of nitrogens with zero attached hydrogens (tertiary/aromatic N) is 4. The Labute approximate surface area is 123 Å². The molecule has 21 heavy (non-hydrogen) atoms. The second kappa shape index (κ2) is 5.55. The molecule has 3 rings (SSSR count). The number of aromatic nitrogens is 2. The number of rotatable bonds is 2. The Morgan fingerprint density at radius 3 is 2.52 bits per heavy atom. The zero-order valence-corrected chi connectivity index (χ0v) is 12.2. The zero-order chi connectivity index (χ0) is 14.8. The van der Waals surface area contributed by atoms with Crippen LogP contribution in [0.2, 0.25) is 0 Å². The lowest BCUT2D eigenvalue weighted by Gasteiger charge is -2.35. The number of anilines is 1. The fourth-order valence-electron chi connectivity index (χ4n) is 2.57. The molecule has 6 heteroatoms. The highest BCUT2D eigenvalue weighted by Crippen LogP contribution is 2.18. The van der Waals surface area contributed by atoms with Crippen LogP contribution in [0.5, 0.6) is 0 Å². The summed E-state index contributed by atoms with van der Waals surface area (Å²) in [6, 6.07) is 8.43.